The lowest BCUT2D eigenvalue weighted by Crippen LogP contribution is -2.55. The zero-order valence-corrected chi connectivity index (χ0v) is 24.7. The van der Waals surface area contributed by atoms with Crippen molar-refractivity contribution in [3.8, 4) is 11.9 Å². The molecule has 1 aromatic carbocycles. The van der Waals surface area contributed by atoms with Crippen molar-refractivity contribution in [3.05, 3.63) is 26.9 Å². The standard InChI is InChI=1S/C26H32BrClFN5O4/c1-14-11-33(7-8-34(14)25(35)38-26(2,3)4)23-15-9-17(28)20(27)21(29)22(15)31-24(16(23)10-30)37-19-13-32(5)12-18(19)36-6/h9,14,18-19H,7-8,11-13H2,1-6H3/t14-,18-,19-/m1/s1. The lowest BCUT2D eigenvalue weighted by atomic mass is 10.0. The van der Waals surface area contributed by atoms with E-state index in [9.17, 15) is 10.1 Å². The number of hydrogen-bond donors (Lipinski definition) is 0. The van der Waals surface area contributed by atoms with E-state index in [1.807, 2.05) is 39.6 Å². The van der Waals surface area contributed by atoms with Crippen LogP contribution in [0.5, 0.6) is 5.88 Å². The zero-order chi connectivity index (χ0) is 27.9. The molecular weight excluding hydrogens is 581 g/mol. The first-order chi connectivity index (χ1) is 17.8. The van der Waals surface area contributed by atoms with Gasteiger partial charge in [0.15, 0.2) is 5.82 Å². The predicted molar refractivity (Wildman–Crippen MR) is 146 cm³/mol. The summed E-state index contributed by atoms with van der Waals surface area (Å²) in [5.74, 6) is -0.608. The summed E-state index contributed by atoms with van der Waals surface area (Å²) in [5, 5.41) is 10.9. The monoisotopic (exact) mass is 611 g/mol. The fourth-order valence-electron chi connectivity index (χ4n) is 4.94. The molecule has 0 spiro atoms. The third-order valence-corrected chi connectivity index (χ3v) is 8.00. The molecule has 0 aliphatic carbocycles. The van der Waals surface area contributed by atoms with Gasteiger partial charge in [0, 0.05) is 51.3 Å². The van der Waals surface area contributed by atoms with Gasteiger partial charge in [0.2, 0.25) is 5.88 Å². The first-order valence-electron chi connectivity index (χ1n) is 12.4. The number of ether oxygens (including phenoxy) is 3. The fourth-order valence-corrected chi connectivity index (χ4v) is 5.44. The van der Waals surface area contributed by atoms with E-state index in [0.717, 1.165) is 0 Å². The highest BCUT2D eigenvalue weighted by molar-refractivity contribution is 9.10. The third-order valence-electron chi connectivity index (χ3n) is 6.70. The zero-order valence-electron chi connectivity index (χ0n) is 22.3. The van der Waals surface area contributed by atoms with Crippen molar-refractivity contribution in [3.63, 3.8) is 0 Å². The van der Waals surface area contributed by atoms with Crippen LogP contribution < -0.4 is 9.64 Å². The third kappa shape index (κ3) is 5.64. The van der Waals surface area contributed by atoms with Gasteiger partial charge >= 0.3 is 6.09 Å². The number of benzene rings is 1. The van der Waals surface area contributed by atoms with E-state index in [2.05, 4.69) is 31.9 Å². The number of anilines is 1. The number of amides is 1. The molecule has 4 rings (SSSR count). The summed E-state index contributed by atoms with van der Waals surface area (Å²) in [6, 6.07) is 3.60. The van der Waals surface area contributed by atoms with Crippen LogP contribution in [0, 0.1) is 17.1 Å². The summed E-state index contributed by atoms with van der Waals surface area (Å²) >= 11 is 9.55. The van der Waals surface area contributed by atoms with Crippen molar-refractivity contribution < 1.29 is 23.4 Å². The molecular formula is C26H32BrClFN5O4. The van der Waals surface area contributed by atoms with E-state index in [0.29, 0.717) is 43.8 Å². The minimum absolute atomic E-state index is 0.0349. The van der Waals surface area contributed by atoms with Crippen LogP contribution in [0.15, 0.2) is 10.5 Å². The van der Waals surface area contributed by atoms with Crippen molar-refractivity contribution >= 4 is 50.2 Å². The molecule has 2 aromatic rings. The van der Waals surface area contributed by atoms with Crippen LogP contribution in [0.4, 0.5) is 14.9 Å². The lowest BCUT2D eigenvalue weighted by molar-refractivity contribution is 0.0159. The quantitative estimate of drug-likeness (QED) is 0.455. The maximum absolute atomic E-state index is 15.5. The Hall–Kier alpha value is -2.39. The molecule has 0 unspecified atom stereocenters. The normalized spacial score (nSPS) is 22.6. The second kappa shape index (κ2) is 11.0. The highest BCUT2D eigenvalue weighted by Crippen LogP contribution is 2.41. The highest BCUT2D eigenvalue weighted by Gasteiger charge is 2.37. The first-order valence-corrected chi connectivity index (χ1v) is 13.6. The van der Waals surface area contributed by atoms with Gasteiger partial charge in [0.05, 0.1) is 15.2 Å². The van der Waals surface area contributed by atoms with Gasteiger partial charge in [0.25, 0.3) is 0 Å². The number of methoxy groups -OCH3 is 1. The molecule has 1 aromatic heterocycles. The van der Waals surface area contributed by atoms with Crippen molar-refractivity contribution in [2.24, 2.45) is 0 Å². The second-order valence-corrected chi connectivity index (χ2v) is 12.0. The molecule has 9 nitrogen and oxygen atoms in total. The number of hydrogen-bond acceptors (Lipinski definition) is 8. The number of rotatable bonds is 4. The molecule has 0 radical (unpaired) electrons. The number of carbonyl (C=O) groups is 1. The SMILES string of the molecule is CO[C@@H]1CN(C)C[C@H]1Oc1nc2c(F)c(Br)c(Cl)cc2c(N2CCN(C(=O)OC(C)(C)C)[C@H](C)C2)c1C#N. The van der Waals surface area contributed by atoms with Gasteiger partial charge in [0.1, 0.15) is 35.0 Å². The molecule has 0 saturated carbocycles. The van der Waals surface area contributed by atoms with Gasteiger partial charge in [-0.1, -0.05) is 11.6 Å². The Morgan fingerprint density at radius 2 is 1.95 bits per heavy atom. The van der Waals surface area contributed by atoms with Gasteiger partial charge in [-0.05, 0) is 56.7 Å². The maximum Gasteiger partial charge on any atom is 0.410 e. The number of pyridine rings is 1. The highest BCUT2D eigenvalue weighted by atomic mass is 79.9. The van der Waals surface area contributed by atoms with Gasteiger partial charge in [-0.15, -0.1) is 0 Å². The Morgan fingerprint density at radius 3 is 2.55 bits per heavy atom. The molecule has 2 saturated heterocycles. The molecule has 2 aliphatic heterocycles. The Labute approximate surface area is 235 Å². The van der Waals surface area contributed by atoms with E-state index < -0.39 is 23.6 Å². The molecule has 12 heteroatoms. The van der Waals surface area contributed by atoms with Crippen LogP contribution in [-0.4, -0.2) is 91.6 Å². The van der Waals surface area contributed by atoms with Crippen LogP contribution in [0.25, 0.3) is 10.9 Å². The molecule has 2 fully saturated rings. The largest absolute Gasteiger partial charge is 0.469 e. The number of halogens is 3. The van der Waals surface area contributed by atoms with Gasteiger partial charge in [-0.25, -0.2) is 14.2 Å². The van der Waals surface area contributed by atoms with E-state index in [4.69, 9.17) is 25.8 Å². The first kappa shape index (κ1) is 28.6. The number of fused-ring (bicyclic) bond motifs is 1. The van der Waals surface area contributed by atoms with Gasteiger partial charge < -0.3 is 24.0 Å². The fraction of sp³-hybridized carbons (Fsp3) is 0.577. The minimum Gasteiger partial charge on any atom is -0.469 e. The molecule has 3 atom stereocenters. The van der Waals surface area contributed by atoms with E-state index >= 15 is 4.39 Å². The Morgan fingerprint density at radius 1 is 1.26 bits per heavy atom. The number of nitrogens with zero attached hydrogens (tertiary/aromatic N) is 5. The maximum atomic E-state index is 15.5. The van der Waals surface area contributed by atoms with Crippen molar-refractivity contribution in [2.45, 2.75) is 51.5 Å². The summed E-state index contributed by atoms with van der Waals surface area (Å²) < 4.78 is 33.0. The van der Waals surface area contributed by atoms with E-state index in [1.165, 1.54) is 0 Å². The molecule has 3 heterocycles. The Bertz CT molecular complexity index is 1280. The topological polar surface area (TPSA) is 91.2 Å². The van der Waals surface area contributed by atoms with E-state index in [1.54, 1.807) is 18.1 Å². The molecule has 38 heavy (non-hydrogen) atoms. The lowest BCUT2D eigenvalue weighted by Gasteiger charge is -2.41. The molecule has 2 aliphatic rings. The minimum atomic E-state index is -0.643. The van der Waals surface area contributed by atoms with Crippen molar-refractivity contribution in [1.82, 2.24) is 14.8 Å². The summed E-state index contributed by atoms with van der Waals surface area (Å²) in [5.41, 5.74) is 0.0631. The number of likely N-dealkylation sites (N-methyl/N-ethyl adjacent to an activating group) is 1. The summed E-state index contributed by atoms with van der Waals surface area (Å²) in [6.07, 6.45) is -1.02. The predicted octanol–water partition coefficient (Wildman–Crippen LogP) is 4.81. The van der Waals surface area contributed by atoms with Crippen LogP contribution in [0.1, 0.15) is 33.3 Å². The van der Waals surface area contributed by atoms with Gasteiger partial charge in [-0.2, -0.15) is 5.26 Å². The second-order valence-electron chi connectivity index (χ2n) is 10.8. The molecule has 0 bridgehead atoms. The average molecular weight is 613 g/mol. The molecule has 206 valence electrons. The van der Waals surface area contributed by atoms with Crippen molar-refractivity contribution in [1.29, 1.82) is 5.26 Å². The van der Waals surface area contributed by atoms with E-state index in [-0.39, 0.29) is 38.6 Å². The van der Waals surface area contributed by atoms with Crippen molar-refractivity contribution in [2.75, 3.05) is 51.8 Å². The summed E-state index contributed by atoms with van der Waals surface area (Å²) in [7, 11) is 3.55. The van der Waals surface area contributed by atoms with Crippen LogP contribution in [0.3, 0.4) is 0 Å². The summed E-state index contributed by atoms with van der Waals surface area (Å²) in [4.78, 5) is 22.9. The molecule has 0 N–H and O–H groups in total. The number of carbonyl (C=O) groups excluding carboxylic acids is 1. The van der Waals surface area contributed by atoms with Crippen LogP contribution in [0.2, 0.25) is 5.02 Å². The Balaban J connectivity index is 1.78. The average Bonchev–Trinajstić information content (AvgIpc) is 3.20. The summed E-state index contributed by atoms with van der Waals surface area (Å²) in [6.45, 7) is 9.72. The van der Waals surface area contributed by atoms with Gasteiger partial charge in [-0.3, -0.25) is 4.90 Å². The van der Waals surface area contributed by atoms with Crippen LogP contribution >= 0.6 is 27.5 Å². The van der Waals surface area contributed by atoms with Crippen LogP contribution in [-0.2, 0) is 9.47 Å². The molecule has 1 amide bonds. The number of likely N-dealkylation sites (tertiary alicyclic amines) is 1. The smallest absolute Gasteiger partial charge is 0.410 e. The number of aromatic nitrogens is 1. The number of piperazine rings is 1. The number of nitriles is 1. The Kier molecular flexibility index (Phi) is 8.28.